The zero-order valence-corrected chi connectivity index (χ0v) is 12.6. The number of rotatable bonds is 3. The van der Waals surface area contributed by atoms with Crippen molar-refractivity contribution in [3.8, 4) is 0 Å². The molecule has 1 fully saturated rings. The Labute approximate surface area is 132 Å². The van der Waals surface area contributed by atoms with E-state index in [0.717, 1.165) is 29.7 Å². The maximum absolute atomic E-state index is 5.92. The smallest absolute Gasteiger partial charge is 0.406 e. The first-order chi connectivity index (χ1) is 10.9. The Bertz CT molecular complexity index is 593. The summed E-state index contributed by atoms with van der Waals surface area (Å²) in [7, 11) is -0.329. The molecule has 3 nitrogen and oxygen atoms in total. The average Bonchev–Trinajstić information content (AvgIpc) is 2.55. The Morgan fingerprint density at radius 1 is 0.864 bits per heavy atom. The van der Waals surface area contributed by atoms with Crippen LogP contribution in [0.5, 0.6) is 0 Å². The molecule has 2 aromatic carbocycles. The van der Waals surface area contributed by atoms with Crippen molar-refractivity contribution in [1.29, 1.82) is 0 Å². The van der Waals surface area contributed by atoms with Gasteiger partial charge in [0.1, 0.15) is 0 Å². The van der Waals surface area contributed by atoms with Gasteiger partial charge in [-0.3, -0.25) is 0 Å². The van der Waals surface area contributed by atoms with Crippen molar-refractivity contribution in [2.24, 2.45) is 0 Å². The molecule has 0 aliphatic carbocycles. The minimum absolute atomic E-state index is 0.329. The van der Waals surface area contributed by atoms with Crippen molar-refractivity contribution in [1.82, 2.24) is 5.32 Å². The molecular formula is C18H20BNO2. The minimum Gasteiger partial charge on any atom is -0.406 e. The van der Waals surface area contributed by atoms with Gasteiger partial charge in [0.2, 0.25) is 0 Å². The van der Waals surface area contributed by atoms with Crippen LogP contribution in [0.4, 0.5) is 0 Å². The summed E-state index contributed by atoms with van der Waals surface area (Å²) in [5.74, 6) is 0. The summed E-state index contributed by atoms with van der Waals surface area (Å²) in [4.78, 5) is 0. The quantitative estimate of drug-likeness (QED) is 0.697. The second kappa shape index (κ2) is 7.94. The summed E-state index contributed by atoms with van der Waals surface area (Å²) in [6.45, 7) is 2.99. The van der Waals surface area contributed by atoms with Crippen LogP contribution < -0.4 is 5.32 Å². The van der Waals surface area contributed by atoms with Gasteiger partial charge in [0, 0.05) is 26.3 Å². The zero-order valence-electron chi connectivity index (χ0n) is 12.6. The van der Waals surface area contributed by atoms with Crippen LogP contribution in [-0.4, -0.2) is 33.4 Å². The van der Waals surface area contributed by atoms with E-state index in [-0.39, 0.29) is 7.12 Å². The van der Waals surface area contributed by atoms with Crippen LogP contribution in [0.25, 0.3) is 11.5 Å². The molecule has 1 heterocycles. The van der Waals surface area contributed by atoms with Crippen molar-refractivity contribution >= 4 is 18.7 Å². The first-order valence-corrected chi connectivity index (χ1v) is 7.69. The van der Waals surface area contributed by atoms with Gasteiger partial charge in [0.15, 0.2) is 0 Å². The van der Waals surface area contributed by atoms with Crippen molar-refractivity contribution in [2.45, 2.75) is 0 Å². The maximum Gasteiger partial charge on any atom is 0.494 e. The van der Waals surface area contributed by atoms with Gasteiger partial charge in [-0.15, -0.1) is 0 Å². The maximum atomic E-state index is 5.92. The number of hydrogen-bond acceptors (Lipinski definition) is 3. The topological polar surface area (TPSA) is 30.5 Å². The standard InChI is InChI=1S/C18H20BNO2/c1-3-7-16(8-4-1)15-18(17-9-5-2-6-10-17)19-21-13-11-20-12-14-22-19/h1-10,15,20H,11-14H2/b18-15+. The molecule has 3 rings (SSSR count). The van der Waals surface area contributed by atoms with Crippen LogP contribution in [-0.2, 0) is 9.31 Å². The predicted octanol–water partition coefficient (Wildman–Crippen LogP) is 2.89. The van der Waals surface area contributed by atoms with Crippen molar-refractivity contribution < 1.29 is 9.31 Å². The van der Waals surface area contributed by atoms with Gasteiger partial charge in [-0.1, -0.05) is 66.7 Å². The van der Waals surface area contributed by atoms with Gasteiger partial charge < -0.3 is 14.6 Å². The molecular weight excluding hydrogens is 273 g/mol. The molecule has 4 heteroatoms. The van der Waals surface area contributed by atoms with Crippen molar-refractivity contribution in [3.63, 3.8) is 0 Å². The van der Waals surface area contributed by atoms with Gasteiger partial charge in [0.05, 0.1) is 0 Å². The molecule has 1 saturated heterocycles. The van der Waals surface area contributed by atoms with Gasteiger partial charge in [-0.2, -0.15) is 0 Å². The Balaban J connectivity index is 1.93. The molecule has 0 bridgehead atoms. The van der Waals surface area contributed by atoms with Crippen LogP contribution in [0.2, 0.25) is 0 Å². The molecule has 0 atom stereocenters. The molecule has 0 amide bonds. The highest BCUT2D eigenvalue weighted by molar-refractivity contribution is 6.69. The second-order valence-electron chi connectivity index (χ2n) is 5.20. The van der Waals surface area contributed by atoms with Crippen LogP contribution in [0.3, 0.4) is 0 Å². The summed E-state index contributed by atoms with van der Waals surface area (Å²) in [6.07, 6.45) is 2.15. The first kappa shape index (κ1) is 15.0. The Morgan fingerprint density at radius 3 is 2.09 bits per heavy atom. The summed E-state index contributed by atoms with van der Waals surface area (Å²) in [5.41, 5.74) is 3.34. The first-order valence-electron chi connectivity index (χ1n) is 7.69. The molecule has 1 N–H and O–H groups in total. The minimum atomic E-state index is -0.329. The van der Waals surface area contributed by atoms with Crippen LogP contribution >= 0.6 is 0 Å². The van der Waals surface area contributed by atoms with Gasteiger partial charge in [0.25, 0.3) is 0 Å². The lowest BCUT2D eigenvalue weighted by Gasteiger charge is -2.21. The predicted molar refractivity (Wildman–Crippen MR) is 91.3 cm³/mol. The third-order valence-corrected chi connectivity index (χ3v) is 3.58. The summed E-state index contributed by atoms with van der Waals surface area (Å²) >= 11 is 0. The third-order valence-electron chi connectivity index (χ3n) is 3.58. The van der Waals surface area contributed by atoms with Crippen LogP contribution in [0.15, 0.2) is 60.7 Å². The van der Waals surface area contributed by atoms with Crippen molar-refractivity contribution in [3.05, 3.63) is 71.8 Å². The number of hydrogen-bond donors (Lipinski definition) is 1. The monoisotopic (exact) mass is 293 g/mol. The molecule has 0 spiro atoms. The van der Waals surface area contributed by atoms with E-state index >= 15 is 0 Å². The molecule has 0 unspecified atom stereocenters. The molecule has 0 radical (unpaired) electrons. The molecule has 0 saturated carbocycles. The fourth-order valence-electron chi connectivity index (χ4n) is 2.48. The fourth-order valence-corrected chi connectivity index (χ4v) is 2.48. The highest BCUT2D eigenvalue weighted by Gasteiger charge is 2.26. The fraction of sp³-hybridized carbons (Fsp3) is 0.222. The lowest BCUT2D eigenvalue weighted by Crippen LogP contribution is -2.36. The van der Waals surface area contributed by atoms with Crippen LogP contribution in [0.1, 0.15) is 11.1 Å². The van der Waals surface area contributed by atoms with Gasteiger partial charge in [-0.25, -0.2) is 0 Å². The Kier molecular flexibility index (Phi) is 5.43. The summed E-state index contributed by atoms with van der Waals surface area (Å²) in [6, 6.07) is 20.6. The average molecular weight is 293 g/mol. The summed E-state index contributed by atoms with van der Waals surface area (Å²) < 4.78 is 11.8. The highest BCUT2D eigenvalue weighted by Crippen LogP contribution is 2.22. The molecule has 1 aliphatic rings. The van der Waals surface area contributed by atoms with E-state index in [4.69, 9.17) is 9.31 Å². The van der Waals surface area contributed by atoms with E-state index in [9.17, 15) is 0 Å². The highest BCUT2D eigenvalue weighted by atomic mass is 16.6. The Morgan fingerprint density at radius 2 is 1.45 bits per heavy atom. The lowest BCUT2D eigenvalue weighted by atomic mass is 9.72. The molecule has 2 aromatic rings. The van der Waals surface area contributed by atoms with E-state index in [0.29, 0.717) is 13.2 Å². The van der Waals surface area contributed by atoms with E-state index < -0.39 is 0 Å². The lowest BCUT2D eigenvalue weighted by molar-refractivity contribution is 0.188. The second-order valence-corrected chi connectivity index (χ2v) is 5.20. The SMILES string of the molecule is C(=C(\B1OCCNCCO1)c1ccccc1)/c1ccccc1. The number of nitrogens with one attached hydrogen (secondary N) is 1. The third kappa shape index (κ3) is 4.07. The normalized spacial score (nSPS) is 16.9. The molecule has 1 aliphatic heterocycles. The van der Waals surface area contributed by atoms with Crippen molar-refractivity contribution in [2.75, 3.05) is 26.3 Å². The largest absolute Gasteiger partial charge is 0.494 e. The summed E-state index contributed by atoms with van der Waals surface area (Å²) in [5, 5.41) is 3.27. The molecule has 112 valence electrons. The van der Waals surface area contributed by atoms with Gasteiger partial charge in [-0.05, 0) is 16.6 Å². The van der Waals surface area contributed by atoms with Gasteiger partial charge >= 0.3 is 7.12 Å². The van der Waals surface area contributed by atoms with Crippen LogP contribution in [0, 0.1) is 0 Å². The zero-order chi connectivity index (χ0) is 15.0. The number of benzene rings is 2. The molecule has 22 heavy (non-hydrogen) atoms. The van der Waals surface area contributed by atoms with E-state index in [1.54, 1.807) is 0 Å². The Hall–Kier alpha value is -1.88. The van der Waals surface area contributed by atoms with E-state index in [1.807, 2.05) is 36.4 Å². The van der Waals surface area contributed by atoms with E-state index in [1.165, 1.54) is 0 Å². The van der Waals surface area contributed by atoms with E-state index in [2.05, 4.69) is 35.7 Å². The molecule has 0 aromatic heterocycles.